The number of carbonyl (C=O) groups excluding carboxylic acids is 4. The van der Waals surface area contributed by atoms with Gasteiger partial charge in [-0.3, -0.25) is 24.1 Å². The number of aliphatic hydroxyl groups is 1. The Bertz CT molecular complexity index is 1080. The van der Waals surface area contributed by atoms with Gasteiger partial charge in [-0.05, 0) is 32.1 Å². The fraction of sp³-hybridized carbons (Fsp3) is 0.750. The second kappa shape index (κ2) is 15.0. The van der Waals surface area contributed by atoms with E-state index >= 15 is 0 Å². The van der Waals surface area contributed by atoms with Crippen LogP contribution in [0.25, 0.3) is 0 Å². The molecule has 0 unspecified atom stereocenters. The van der Waals surface area contributed by atoms with Crippen LogP contribution in [0.1, 0.15) is 46.5 Å². The fourth-order valence-electron chi connectivity index (χ4n) is 7.22. The van der Waals surface area contributed by atoms with E-state index in [2.05, 4.69) is 23.4 Å². The first kappa shape index (κ1) is 34.1. The lowest BCUT2D eigenvalue weighted by molar-refractivity contribution is -0.160. The molecular formula is C32H50N4O8. The largest absolute Gasteiger partial charge is 0.460 e. The third-order valence-corrected chi connectivity index (χ3v) is 9.49. The maximum Gasteiger partial charge on any atom is 0.312 e. The van der Waals surface area contributed by atoms with E-state index in [1.165, 1.54) is 4.90 Å². The predicted molar refractivity (Wildman–Crippen MR) is 162 cm³/mol. The smallest absolute Gasteiger partial charge is 0.312 e. The van der Waals surface area contributed by atoms with Gasteiger partial charge in [0.15, 0.2) is 0 Å². The van der Waals surface area contributed by atoms with Crippen LogP contribution in [0.2, 0.25) is 0 Å². The van der Waals surface area contributed by atoms with Gasteiger partial charge in [0.2, 0.25) is 17.7 Å². The molecule has 12 heteroatoms. The summed E-state index contributed by atoms with van der Waals surface area (Å²) in [6.45, 7) is 17.0. The number of carbonyl (C=O) groups is 4. The molecule has 0 saturated carbocycles. The molecule has 2 bridgehead atoms. The first-order chi connectivity index (χ1) is 21.1. The van der Waals surface area contributed by atoms with Crippen LogP contribution in [0.4, 0.5) is 0 Å². The Hall–Kier alpha value is -2.80. The second-order valence-electron chi connectivity index (χ2n) is 12.7. The molecule has 0 aliphatic carbocycles. The van der Waals surface area contributed by atoms with Crippen molar-refractivity contribution < 1.29 is 38.5 Å². The van der Waals surface area contributed by atoms with Gasteiger partial charge >= 0.3 is 5.97 Å². The van der Waals surface area contributed by atoms with Crippen LogP contribution in [-0.2, 0) is 33.4 Å². The van der Waals surface area contributed by atoms with Crippen LogP contribution in [-0.4, -0.2) is 132 Å². The quantitative estimate of drug-likeness (QED) is 0.190. The molecule has 2 N–H and O–H groups in total. The average molecular weight is 619 g/mol. The Morgan fingerprint density at radius 1 is 1.20 bits per heavy atom. The summed E-state index contributed by atoms with van der Waals surface area (Å²) in [7, 11) is 0. The Morgan fingerprint density at radius 3 is 2.57 bits per heavy atom. The van der Waals surface area contributed by atoms with Crippen molar-refractivity contribution in [3.8, 4) is 0 Å². The highest BCUT2D eigenvalue weighted by atomic mass is 16.6. The molecule has 3 amide bonds. The van der Waals surface area contributed by atoms with Crippen LogP contribution < -0.4 is 5.32 Å². The van der Waals surface area contributed by atoms with Crippen molar-refractivity contribution in [2.45, 2.75) is 76.3 Å². The van der Waals surface area contributed by atoms with E-state index in [1.807, 2.05) is 13.8 Å². The van der Waals surface area contributed by atoms with E-state index in [0.29, 0.717) is 58.5 Å². The van der Waals surface area contributed by atoms with Crippen molar-refractivity contribution >= 4 is 23.7 Å². The molecule has 4 heterocycles. The molecule has 4 saturated heterocycles. The first-order valence-electron chi connectivity index (χ1n) is 16.0. The summed E-state index contributed by atoms with van der Waals surface area (Å²) < 4.78 is 17.8. The number of hydrogen-bond acceptors (Lipinski definition) is 9. The van der Waals surface area contributed by atoms with Crippen LogP contribution in [0.3, 0.4) is 0 Å². The van der Waals surface area contributed by atoms with Crippen molar-refractivity contribution in [1.82, 2.24) is 20.0 Å². The number of morpholine rings is 1. The number of likely N-dealkylation sites (tertiary alicyclic amines) is 1. The van der Waals surface area contributed by atoms with Gasteiger partial charge in [0, 0.05) is 39.1 Å². The van der Waals surface area contributed by atoms with Crippen molar-refractivity contribution in [2.75, 3.05) is 59.1 Å². The zero-order chi connectivity index (χ0) is 32.0. The maximum atomic E-state index is 14.5. The van der Waals surface area contributed by atoms with E-state index in [0.717, 1.165) is 13.1 Å². The second-order valence-corrected chi connectivity index (χ2v) is 12.7. The molecular weight excluding hydrogens is 568 g/mol. The molecule has 12 nitrogen and oxygen atoms in total. The summed E-state index contributed by atoms with van der Waals surface area (Å²) >= 11 is 0. The molecule has 7 atom stereocenters. The molecule has 1 spiro atoms. The first-order valence-corrected chi connectivity index (χ1v) is 16.0. The summed E-state index contributed by atoms with van der Waals surface area (Å²) in [4.78, 5) is 60.0. The number of hydrogen-bond donors (Lipinski definition) is 2. The van der Waals surface area contributed by atoms with E-state index in [1.54, 1.807) is 24.0 Å². The molecule has 246 valence electrons. The number of esters is 1. The van der Waals surface area contributed by atoms with Gasteiger partial charge in [-0.25, -0.2) is 0 Å². The number of amides is 3. The van der Waals surface area contributed by atoms with Crippen molar-refractivity contribution in [3.05, 3.63) is 25.3 Å². The Kier molecular flexibility index (Phi) is 11.6. The lowest BCUT2D eigenvalue weighted by atomic mass is 9.70. The zero-order valence-electron chi connectivity index (χ0n) is 26.4. The monoisotopic (exact) mass is 618 g/mol. The van der Waals surface area contributed by atoms with Gasteiger partial charge in [-0.15, -0.1) is 13.2 Å². The number of rotatable bonds is 16. The van der Waals surface area contributed by atoms with Gasteiger partial charge in [0.1, 0.15) is 17.7 Å². The standard InChI is InChI=1S/C32H50N4O8/c1-6-8-9-25(38)33-19-22(5)43-31(41)26-24-10-11-32(44-24)27(26)29(39)36(23(20-37)21(3)4)28(32)30(40)35(12-7-2)14-13-34-15-17-42-18-16-34/h6-7,21-24,26-28,37H,1-2,8-20H2,3-5H3,(H,33,38)/t22-,23+,24+,26-,27-,28+,32-/m1/s1. The van der Waals surface area contributed by atoms with Gasteiger partial charge in [0.05, 0.1) is 50.3 Å². The number of nitrogens with zero attached hydrogens (tertiary/aromatic N) is 3. The number of allylic oxidation sites excluding steroid dienone is 1. The molecule has 0 radical (unpaired) electrons. The fourth-order valence-corrected chi connectivity index (χ4v) is 7.22. The van der Waals surface area contributed by atoms with Crippen molar-refractivity contribution in [3.63, 3.8) is 0 Å². The predicted octanol–water partition coefficient (Wildman–Crippen LogP) is 0.739. The summed E-state index contributed by atoms with van der Waals surface area (Å²) in [5.74, 6) is -3.31. The molecule has 0 aromatic rings. The topological polar surface area (TPSA) is 138 Å². The van der Waals surface area contributed by atoms with Gasteiger partial charge in [-0.1, -0.05) is 26.0 Å². The molecule has 0 aromatic carbocycles. The molecule has 4 aliphatic rings. The molecule has 0 aromatic heterocycles. The Labute approximate surface area is 260 Å². The van der Waals surface area contributed by atoms with Crippen LogP contribution >= 0.6 is 0 Å². The minimum atomic E-state index is -1.20. The summed E-state index contributed by atoms with van der Waals surface area (Å²) in [5.41, 5.74) is -1.20. The highest BCUT2D eigenvalue weighted by Crippen LogP contribution is 2.59. The van der Waals surface area contributed by atoms with Crippen molar-refractivity contribution in [2.24, 2.45) is 17.8 Å². The van der Waals surface area contributed by atoms with E-state index in [-0.39, 0.29) is 36.8 Å². The summed E-state index contributed by atoms with van der Waals surface area (Å²) in [5, 5.41) is 13.2. The minimum Gasteiger partial charge on any atom is -0.460 e. The van der Waals surface area contributed by atoms with Crippen molar-refractivity contribution in [1.29, 1.82) is 0 Å². The van der Waals surface area contributed by atoms with E-state index in [4.69, 9.17) is 14.2 Å². The number of ether oxygens (including phenoxy) is 3. The normalized spacial score (nSPS) is 29.3. The molecule has 4 rings (SSSR count). The summed E-state index contributed by atoms with van der Waals surface area (Å²) in [6, 6.07) is -1.63. The van der Waals surface area contributed by atoms with Crippen LogP contribution in [0, 0.1) is 17.8 Å². The number of fused-ring (bicyclic) bond motifs is 1. The van der Waals surface area contributed by atoms with E-state index in [9.17, 15) is 24.3 Å². The van der Waals surface area contributed by atoms with Crippen LogP contribution in [0.15, 0.2) is 25.3 Å². The van der Waals surface area contributed by atoms with Gasteiger partial charge in [0.25, 0.3) is 0 Å². The summed E-state index contributed by atoms with van der Waals surface area (Å²) in [6.07, 6.45) is 3.95. The van der Waals surface area contributed by atoms with E-state index < -0.39 is 47.7 Å². The lowest BCUT2D eigenvalue weighted by Gasteiger charge is -2.40. The highest BCUT2D eigenvalue weighted by molar-refractivity contribution is 5.98. The Morgan fingerprint density at radius 2 is 1.93 bits per heavy atom. The highest BCUT2D eigenvalue weighted by Gasteiger charge is 2.75. The Balaban J connectivity index is 1.57. The molecule has 44 heavy (non-hydrogen) atoms. The van der Waals surface area contributed by atoms with Gasteiger partial charge < -0.3 is 34.4 Å². The lowest BCUT2D eigenvalue weighted by Crippen LogP contribution is -2.60. The minimum absolute atomic E-state index is 0.135. The maximum absolute atomic E-state index is 14.5. The van der Waals surface area contributed by atoms with Crippen LogP contribution in [0.5, 0.6) is 0 Å². The zero-order valence-corrected chi connectivity index (χ0v) is 26.4. The number of aliphatic hydroxyl groups excluding tert-OH is 1. The average Bonchev–Trinajstić information content (AvgIpc) is 3.65. The third-order valence-electron chi connectivity index (χ3n) is 9.49. The SMILES string of the molecule is C=CCCC(=O)NC[C@@H](C)OC(=O)[C@@H]1[C@@H]2CC[C@]3(O2)[C@H](C(=O)N(CC=C)CCN2CCOCC2)N([C@@H](CO)C(C)C)C(=O)[C@@H]13. The van der Waals surface area contributed by atoms with Gasteiger partial charge in [-0.2, -0.15) is 0 Å². The number of nitrogens with one attached hydrogen (secondary N) is 1. The molecule has 4 fully saturated rings. The third kappa shape index (κ3) is 6.88. The molecule has 4 aliphatic heterocycles.